The summed E-state index contributed by atoms with van der Waals surface area (Å²) in [7, 11) is 0. The topological polar surface area (TPSA) is 31.4 Å². The van der Waals surface area contributed by atoms with Gasteiger partial charge in [-0.1, -0.05) is 107 Å². The SMILES string of the molecule is [C-]#[N+]C(C#N)=c1ccc(=C(c2ccc3c(c2)C(CC)(CC)c2cc(N(c4ccccc4)c4ccccc4)ccc2-3)C(C)C)cc1. The van der Waals surface area contributed by atoms with Crippen LogP contribution in [0.4, 0.5) is 17.1 Å². The number of rotatable bonds is 7. The number of hydrogen-bond acceptors (Lipinski definition) is 2. The highest BCUT2D eigenvalue weighted by Gasteiger charge is 2.41. The van der Waals surface area contributed by atoms with E-state index in [2.05, 4.69) is 147 Å². The van der Waals surface area contributed by atoms with Gasteiger partial charge in [0.25, 0.3) is 5.70 Å². The van der Waals surface area contributed by atoms with E-state index in [9.17, 15) is 5.26 Å². The Balaban J connectivity index is 1.52. The molecule has 5 aromatic carbocycles. The van der Waals surface area contributed by atoms with Crippen molar-refractivity contribution in [3.63, 3.8) is 0 Å². The standard InChI is InChI=1S/C42H37N3/c1-6-42(7-2)38-26-32(41(29(3)4)31-20-18-30(19-21-31)40(28-43)44-5)22-24-36(38)37-25-23-35(27-39(37)42)45(33-14-10-8-11-15-33)34-16-12-9-13-17-34/h8-27,29H,6-7H2,1-4H3. The molecule has 0 saturated carbocycles. The zero-order chi connectivity index (χ0) is 31.6. The highest BCUT2D eigenvalue weighted by Crippen LogP contribution is 2.54. The molecule has 0 radical (unpaired) electrons. The maximum absolute atomic E-state index is 9.34. The van der Waals surface area contributed by atoms with Gasteiger partial charge < -0.3 is 4.90 Å². The normalized spacial score (nSPS) is 12.5. The summed E-state index contributed by atoms with van der Waals surface area (Å²) < 4.78 is 0. The molecular formula is C42H37N3. The Morgan fingerprint density at radius 2 is 1.24 bits per heavy atom. The summed E-state index contributed by atoms with van der Waals surface area (Å²) in [5.74, 6) is 0.285. The summed E-state index contributed by atoms with van der Waals surface area (Å²) in [4.78, 5) is 5.73. The van der Waals surface area contributed by atoms with Gasteiger partial charge >= 0.3 is 0 Å². The van der Waals surface area contributed by atoms with Gasteiger partial charge in [-0.3, -0.25) is 0 Å². The van der Waals surface area contributed by atoms with Crippen LogP contribution in [0.25, 0.3) is 27.2 Å². The number of benzene rings is 5. The van der Waals surface area contributed by atoms with Crippen LogP contribution in [0.1, 0.15) is 57.2 Å². The first-order valence-corrected chi connectivity index (χ1v) is 15.8. The van der Waals surface area contributed by atoms with Gasteiger partial charge in [-0.05, 0) is 105 Å². The lowest BCUT2D eigenvalue weighted by Gasteiger charge is -2.32. The third-order valence-corrected chi connectivity index (χ3v) is 9.41. The van der Waals surface area contributed by atoms with Crippen LogP contribution in [0, 0.1) is 23.8 Å². The van der Waals surface area contributed by atoms with Crippen molar-refractivity contribution in [2.24, 2.45) is 5.92 Å². The number of nitrogens with zero attached hydrogens (tertiary/aromatic N) is 3. The molecule has 0 bridgehead atoms. The number of fused-ring (bicyclic) bond motifs is 3. The van der Waals surface area contributed by atoms with Crippen molar-refractivity contribution in [1.29, 1.82) is 5.26 Å². The Morgan fingerprint density at radius 1 is 0.711 bits per heavy atom. The molecule has 0 aliphatic heterocycles. The number of para-hydroxylation sites is 2. The molecule has 0 fully saturated rings. The summed E-state index contributed by atoms with van der Waals surface area (Å²) in [6, 6.07) is 45.1. The molecule has 0 heterocycles. The highest BCUT2D eigenvalue weighted by molar-refractivity contribution is 5.87. The van der Waals surface area contributed by atoms with Gasteiger partial charge in [0.1, 0.15) is 0 Å². The van der Waals surface area contributed by atoms with Crippen LogP contribution in [-0.4, -0.2) is 0 Å². The van der Waals surface area contributed by atoms with E-state index in [0.717, 1.165) is 35.1 Å². The maximum Gasteiger partial charge on any atom is 0.268 e. The van der Waals surface area contributed by atoms with Crippen molar-refractivity contribution < 1.29 is 0 Å². The van der Waals surface area contributed by atoms with E-state index in [1.165, 1.54) is 33.4 Å². The fourth-order valence-electron chi connectivity index (χ4n) is 7.20. The zero-order valence-electron chi connectivity index (χ0n) is 26.4. The van der Waals surface area contributed by atoms with Crippen LogP contribution in [0.3, 0.4) is 0 Å². The van der Waals surface area contributed by atoms with Gasteiger partial charge in [-0.2, -0.15) is 0 Å². The molecule has 1 aliphatic carbocycles. The predicted molar refractivity (Wildman–Crippen MR) is 187 cm³/mol. The molecule has 5 aromatic rings. The van der Waals surface area contributed by atoms with E-state index in [1.54, 1.807) is 0 Å². The number of anilines is 3. The van der Waals surface area contributed by atoms with Crippen LogP contribution in [0.2, 0.25) is 0 Å². The largest absolute Gasteiger partial charge is 0.310 e. The lowest BCUT2D eigenvalue weighted by atomic mass is 9.73. The first-order chi connectivity index (χ1) is 21.9. The average molecular weight is 584 g/mol. The van der Waals surface area contributed by atoms with E-state index >= 15 is 0 Å². The average Bonchev–Trinajstić information content (AvgIpc) is 3.35. The lowest BCUT2D eigenvalue weighted by molar-refractivity contribution is 0.490. The van der Waals surface area contributed by atoms with Crippen molar-refractivity contribution in [2.75, 3.05) is 4.90 Å². The van der Waals surface area contributed by atoms with Gasteiger partial charge in [0.2, 0.25) is 0 Å². The van der Waals surface area contributed by atoms with Crippen LogP contribution < -0.4 is 15.3 Å². The summed E-state index contributed by atoms with van der Waals surface area (Å²) in [5.41, 5.74) is 11.4. The first kappa shape index (κ1) is 29.7. The smallest absolute Gasteiger partial charge is 0.268 e. The molecule has 0 spiro atoms. The van der Waals surface area contributed by atoms with Gasteiger partial charge in [0.15, 0.2) is 0 Å². The summed E-state index contributed by atoms with van der Waals surface area (Å²) in [6.45, 7) is 16.4. The number of nitriles is 1. The monoisotopic (exact) mass is 583 g/mol. The fourth-order valence-corrected chi connectivity index (χ4v) is 7.20. The minimum atomic E-state index is -0.103. The molecule has 1 aliphatic rings. The van der Waals surface area contributed by atoms with Crippen molar-refractivity contribution in [3.8, 4) is 17.2 Å². The van der Waals surface area contributed by atoms with Gasteiger partial charge in [-0.15, -0.1) is 0 Å². The third-order valence-electron chi connectivity index (χ3n) is 9.41. The molecule has 6 rings (SSSR count). The molecule has 0 N–H and O–H groups in total. The van der Waals surface area contributed by atoms with E-state index in [-0.39, 0.29) is 17.0 Å². The minimum absolute atomic E-state index is 0.103. The molecule has 0 aromatic heterocycles. The molecule has 3 nitrogen and oxygen atoms in total. The molecule has 0 amide bonds. The summed E-state index contributed by atoms with van der Waals surface area (Å²) >= 11 is 0. The van der Waals surface area contributed by atoms with Crippen LogP contribution in [-0.2, 0) is 5.41 Å². The van der Waals surface area contributed by atoms with Crippen molar-refractivity contribution in [3.05, 3.63) is 160 Å². The summed E-state index contributed by atoms with van der Waals surface area (Å²) in [6.07, 6.45) is 2.00. The second kappa shape index (κ2) is 12.3. The second-order valence-corrected chi connectivity index (χ2v) is 12.0. The Labute approximate surface area is 266 Å². The minimum Gasteiger partial charge on any atom is -0.310 e. The lowest BCUT2D eigenvalue weighted by Crippen LogP contribution is -2.24. The fraction of sp³-hybridized carbons (Fsp3) is 0.190. The van der Waals surface area contributed by atoms with Crippen LogP contribution in [0.15, 0.2) is 121 Å². The highest BCUT2D eigenvalue weighted by atomic mass is 15.1. The Kier molecular flexibility index (Phi) is 8.12. The first-order valence-electron chi connectivity index (χ1n) is 15.8. The molecule has 0 atom stereocenters. The Hall–Kier alpha value is -5.38. The zero-order valence-corrected chi connectivity index (χ0v) is 26.4. The van der Waals surface area contributed by atoms with Crippen molar-refractivity contribution >= 4 is 28.3 Å². The molecule has 0 unspecified atom stereocenters. The van der Waals surface area contributed by atoms with Crippen molar-refractivity contribution in [1.82, 2.24) is 0 Å². The second-order valence-electron chi connectivity index (χ2n) is 12.0. The molecule has 45 heavy (non-hydrogen) atoms. The van der Waals surface area contributed by atoms with E-state index in [0.29, 0.717) is 5.22 Å². The molecular weight excluding hydrogens is 546 g/mol. The van der Waals surface area contributed by atoms with E-state index < -0.39 is 0 Å². The predicted octanol–water partition coefficient (Wildman–Crippen LogP) is 9.65. The molecule has 0 saturated heterocycles. The van der Waals surface area contributed by atoms with Crippen LogP contribution >= 0.6 is 0 Å². The molecule has 220 valence electrons. The third kappa shape index (κ3) is 5.12. The van der Waals surface area contributed by atoms with E-state index in [4.69, 9.17) is 6.57 Å². The number of hydrogen-bond donors (Lipinski definition) is 0. The Morgan fingerprint density at radius 3 is 1.76 bits per heavy atom. The Bertz CT molecular complexity index is 1990. The maximum atomic E-state index is 9.34. The van der Waals surface area contributed by atoms with Crippen molar-refractivity contribution in [2.45, 2.75) is 46.0 Å². The van der Waals surface area contributed by atoms with Gasteiger partial charge in [0, 0.05) is 22.5 Å². The van der Waals surface area contributed by atoms with E-state index in [1.807, 2.05) is 18.2 Å². The quantitative estimate of drug-likeness (QED) is 0.179. The summed E-state index contributed by atoms with van der Waals surface area (Å²) in [5, 5.41) is 11.1. The molecule has 3 heteroatoms. The van der Waals surface area contributed by atoms with Gasteiger partial charge in [-0.25, -0.2) is 10.1 Å². The van der Waals surface area contributed by atoms with Crippen LogP contribution in [0.5, 0.6) is 0 Å². The van der Waals surface area contributed by atoms with Gasteiger partial charge in [0.05, 0.1) is 12.6 Å².